The lowest BCUT2D eigenvalue weighted by molar-refractivity contribution is 0.0600. The molecule has 0 aliphatic carbocycles. The Morgan fingerprint density at radius 2 is 2.33 bits per heavy atom. The van der Waals surface area contributed by atoms with Crippen LogP contribution in [0.5, 0.6) is 0 Å². The molecule has 0 bridgehead atoms. The lowest BCUT2D eigenvalue weighted by atomic mass is 10.1. The third-order valence-electron chi connectivity index (χ3n) is 1.88. The number of benzene rings is 1. The Kier molecular flexibility index (Phi) is 3.67. The molecule has 1 rings (SSSR count). The molecule has 1 N–H and O–H groups in total. The molecule has 0 saturated carbocycles. The molecule has 0 aliphatic rings. The second-order valence-electron chi connectivity index (χ2n) is 2.75. The molecule has 0 aliphatic heterocycles. The Labute approximate surface area is 91.7 Å². The number of rotatable bonds is 2. The summed E-state index contributed by atoms with van der Waals surface area (Å²) < 4.78 is 4.50. The van der Waals surface area contributed by atoms with E-state index in [4.69, 9.17) is 22.0 Å². The van der Waals surface area contributed by atoms with E-state index in [0.717, 1.165) is 0 Å². The Bertz CT molecular complexity index is 437. The van der Waals surface area contributed by atoms with Gasteiger partial charge < -0.3 is 9.84 Å². The Morgan fingerprint density at radius 3 is 2.80 bits per heavy atom. The summed E-state index contributed by atoms with van der Waals surface area (Å²) >= 11 is 5.77. The van der Waals surface area contributed by atoms with E-state index in [-0.39, 0.29) is 22.8 Å². The normalized spacial score (nSPS) is 9.47. The number of ether oxygens (including phenoxy) is 1. The minimum atomic E-state index is -0.559. The summed E-state index contributed by atoms with van der Waals surface area (Å²) in [6.45, 7) is -0.354. The maximum absolute atomic E-state index is 11.2. The molecule has 0 aromatic heterocycles. The maximum atomic E-state index is 11.2. The fourth-order valence-corrected chi connectivity index (χ4v) is 1.43. The fraction of sp³-hybridized carbons (Fsp3) is 0.200. The minimum absolute atomic E-state index is 0.129. The van der Waals surface area contributed by atoms with Crippen molar-refractivity contribution in [3.63, 3.8) is 0 Å². The van der Waals surface area contributed by atoms with Crippen LogP contribution in [0.15, 0.2) is 12.1 Å². The summed E-state index contributed by atoms with van der Waals surface area (Å²) in [5.74, 6) is -0.559. The van der Waals surface area contributed by atoms with Gasteiger partial charge in [-0.2, -0.15) is 5.26 Å². The highest BCUT2D eigenvalue weighted by atomic mass is 35.5. The number of hydrogen-bond donors (Lipinski definition) is 1. The van der Waals surface area contributed by atoms with Crippen molar-refractivity contribution < 1.29 is 14.6 Å². The van der Waals surface area contributed by atoms with E-state index in [1.165, 1.54) is 19.2 Å². The van der Waals surface area contributed by atoms with Crippen LogP contribution in [0, 0.1) is 11.3 Å². The molecule has 1 aromatic rings. The number of aliphatic hydroxyl groups excluding tert-OH is 1. The van der Waals surface area contributed by atoms with Crippen LogP contribution < -0.4 is 0 Å². The molecule has 0 radical (unpaired) electrons. The zero-order valence-corrected chi connectivity index (χ0v) is 8.71. The zero-order valence-electron chi connectivity index (χ0n) is 7.95. The van der Waals surface area contributed by atoms with Gasteiger partial charge in [0.1, 0.15) is 6.07 Å². The van der Waals surface area contributed by atoms with E-state index in [9.17, 15) is 4.79 Å². The topological polar surface area (TPSA) is 70.3 Å². The first-order chi connectivity index (χ1) is 7.13. The van der Waals surface area contributed by atoms with Crippen LogP contribution in [0.2, 0.25) is 5.02 Å². The first-order valence-electron chi connectivity index (χ1n) is 4.05. The minimum Gasteiger partial charge on any atom is -0.465 e. The maximum Gasteiger partial charge on any atom is 0.337 e. The number of hydrogen-bond acceptors (Lipinski definition) is 4. The molecule has 78 valence electrons. The molecule has 5 heteroatoms. The zero-order chi connectivity index (χ0) is 11.4. The number of halogens is 1. The van der Waals surface area contributed by atoms with Crippen LogP contribution in [0.25, 0.3) is 0 Å². The number of esters is 1. The highest BCUT2D eigenvalue weighted by Gasteiger charge is 2.13. The van der Waals surface area contributed by atoms with Crippen molar-refractivity contribution in [2.75, 3.05) is 7.11 Å². The summed E-state index contributed by atoms with van der Waals surface area (Å²) in [6, 6.07) is 4.58. The Balaban J connectivity index is 3.33. The van der Waals surface area contributed by atoms with Gasteiger partial charge in [-0.05, 0) is 17.7 Å². The van der Waals surface area contributed by atoms with Gasteiger partial charge in [0.15, 0.2) is 0 Å². The molecule has 0 heterocycles. The highest BCUT2D eigenvalue weighted by molar-refractivity contribution is 6.32. The van der Waals surface area contributed by atoms with Crippen molar-refractivity contribution in [3.05, 3.63) is 33.8 Å². The van der Waals surface area contributed by atoms with Crippen molar-refractivity contribution in [3.8, 4) is 6.07 Å². The predicted octanol–water partition coefficient (Wildman–Crippen LogP) is 1.49. The van der Waals surface area contributed by atoms with Gasteiger partial charge in [-0.3, -0.25) is 0 Å². The molecule has 15 heavy (non-hydrogen) atoms. The fourth-order valence-electron chi connectivity index (χ4n) is 1.15. The smallest absolute Gasteiger partial charge is 0.337 e. The monoisotopic (exact) mass is 225 g/mol. The second kappa shape index (κ2) is 4.78. The molecule has 0 unspecified atom stereocenters. The standard InChI is InChI=1S/C10H8ClNO3/c1-15-10(14)6-2-7(5-13)8(4-12)9(11)3-6/h2-3,13H,5H2,1H3. The first-order valence-corrected chi connectivity index (χ1v) is 4.43. The molecule has 0 atom stereocenters. The Hall–Kier alpha value is -1.57. The van der Waals surface area contributed by atoms with Gasteiger partial charge in [0.25, 0.3) is 0 Å². The molecule has 4 nitrogen and oxygen atoms in total. The van der Waals surface area contributed by atoms with E-state index < -0.39 is 5.97 Å². The van der Waals surface area contributed by atoms with E-state index in [1.807, 2.05) is 6.07 Å². The van der Waals surface area contributed by atoms with Crippen LogP contribution in [0.4, 0.5) is 0 Å². The third kappa shape index (κ3) is 2.27. The van der Waals surface area contributed by atoms with Gasteiger partial charge in [-0.1, -0.05) is 11.6 Å². The highest BCUT2D eigenvalue weighted by Crippen LogP contribution is 2.22. The van der Waals surface area contributed by atoms with Gasteiger partial charge in [0, 0.05) is 0 Å². The van der Waals surface area contributed by atoms with Crippen LogP contribution in [0.1, 0.15) is 21.5 Å². The molecule has 0 fully saturated rings. The summed E-state index contributed by atoms with van der Waals surface area (Å²) in [4.78, 5) is 11.2. The van der Waals surface area contributed by atoms with Crippen LogP contribution in [0.3, 0.4) is 0 Å². The van der Waals surface area contributed by atoms with Gasteiger partial charge in [0.2, 0.25) is 0 Å². The SMILES string of the molecule is COC(=O)c1cc(Cl)c(C#N)c(CO)c1. The summed E-state index contributed by atoms with van der Waals surface area (Å²) in [6.07, 6.45) is 0. The molecular weight excluding hydrogens is 218 g/mol. The van der Waals surface area contributed by atoms with Crippen LogP contribution in [-0.2, 0) is 11.3 Å². The lowest BCUT2D eigenvalue weighted by Gasteiger charge is -2.05. The largest absolute Gasteiger partial charge is 0.465 e. The average Bonchev–Trinajstić information content (AvgIpc) is 2.26. The van der Waals surface area contributed by atoms with Crippen molar-refractivity contribution in [2.24, 2.45) is 0 Å². The third-order valence-corrected chi connectivity index (χ3v) is 2.17. The van der Waals surface area contributed by atoms with Crippen molar-refractivity contribution in [2.45, 2.75) is 6.61 Å². The number of carbonyl (C=O) groups is 1. The average molecular weight is 226 g/mol. The Morgan fingerprint density at radius 1 is 1.67 bits per heavy atom. The van der Waals surface area contributed by atoms with Crippen LogP contribution in [-0.4, -0.2) is 18.2 Å². The lowest BCUT2D eigenvalue weighted by Crippen LogP contribution is -2.03. The van der Waals surface area contributed by atoms with Gasteiger partial charge in [0.05, 0.1) is 29.9 Å². The number of methoxy groups -OCH3 is 1. The molecule has 1 aromatic carbocycles. The number of carbonyl (C=O) groups excluding carboxylic acids is 1. The van der Waals surface area contributed by atoms with Gasteiger partial charge >= 0.3 is 5.97 Å². The molecule has 0 spiro atoms. The van der Waals surface area contributed by atoms with E-state index in [1.54, 1.807) is 0 Å². The van der Waals surface area contributed by atoms with E-state index in [2.05, 4.69) is 4.74 Å². The van der Waals surface area contributed by atoms with E-state index in [0.29, 0.717) is 5.56 Å². The van der Waals surface area contributed by atoms with Crippen molar-refractivity contribution in [1.29, 1.82) is 5.26 Å². The van der Waals surface area contributed by atoms with Crippen molar-refractivity contribution >= 4 is 17.6 Å². The second-order valence-corrected chi connectivity index (χ2v) is 3.16. The van der Waals surface area contributed by atoms with Crippen LogP contribution >= 0.6 is 11.6 Å². The predicted molar refractivity (Wildman–Crippen MR) is 53.4 cm³/mol. The van der Waals surface area contributed by atoms with Crippen molar-refractivity contribution in [1.82, 2.24) is 0 Å². The molecular formula is C10H8ClNO3. The van der Waals surface area contributed by atoms with E-state index >= 15 is 0 Å². The summed E-state index contributed by atoms with van der Waals surface area (Å²) in [5, 5.41) is 17.9. The number of nitriles is 1. The number of nitrogens with zero attached hydrogens (tertiary/aromatic N) is 1. The first kappa shape index (κ1) is 11.5. The summed E-state index contributed by atoms with van der Waals surface area (Å²) in [5.41, 5.74) is 0.697. The summed E-state index contributed by atoms with van der Waals surface area (Å²) in [7, 11) is 1.24. The number of aliphatic hydroxyl groups is 1. The molecule has 0 amide bonds. The molecule has 0 saturated heterocycles. The quantitative estimate of drug-likeness (QED) is 0.775. The van der Waals surface area contributed by atoms with Gasteiger partial charge in [-0.25, -0.2) is 4.79 Å². The van der Waals surface area contributed by atoms with Gasteiger partial charge in [-0.15, -0.1) is 0 Å².